The van der Waals surface area contributed by atoms with Gasteiger partial charge >= 0.3 is 12.1 Å². The van der Waals surface area contributed by atoms with Crippen molar-refractivity contribution in [3.8, 4) is 0 Å². The Morgan fingerprint density at radius 3 is 2.37 bits per heavy atom. The Kier molecular flexibility index (Phi) is 12.1. The van der Waals surface area contributed by atoms with Crippen LogP contribution in [0.25, 0.3) is 5.57 Å². The lowest BCUT2D eigenvalue weighted by atomic mass is 10.0. The molecular formula is C36H37N7O7S4. The highest BCUT2D eigenvalue weighted by Gasteiger charge is 2.61. The second-order valence-corrected chi connectivity index (χ2v) is 17.6. The van der Waals surface area contributed by atoms with E-state index in [1.54, 1.807) is 32.2 Å². The zero-order valence-electron chi connectivity index (χ0n) is 29.6. The largest absolute Gasteiger partial charge is 0.614 e. The van der Waals surface area contributed by atoms with Gasteiger partial charge in [0.15, 0.2) is 21.6 Å². The quantitative estimate of drug-likeness (QED) is 0.0534. The van der Waals surface area contributed by atoms with Gasteiger partial charge in [-0.05, 0) is 49.5 Å². The molecule has 14 nitrogen and oxygen atoms in total. The lowest BCUT2D eigenvalue weighted by molar-refractivity contribution is -0.154. The molecule has 0 saturated carbocycles. The van der Waals surface area contributed by atoms with Crippen LogP contribution in [0.4, 0.5) is 15.1 Å². The second-order valence-electron chi connectivity index (χ2n) is 13.0. The molecule has 54 heavy (non-hydrogen) atoms. The molecule has 3 atom stereocenters. The number of benzene rings is 2. The Bertz CT molecular complexity index is 2040. The van der Waals surface area contributed by atoms with E-state index >= 15 is 0 Å². The van der Waals surface area contributed by atoms with E-state index in [9.17, 15) is 23.7 Å². The topological polar surface area (TPSA) is 202 Å². The van der Waals surface area contributed by atoms with E-state index in [0.717, 1.165) is 22.5 Å². The minimum absolute atomic E-state index is 0.0290. The molecule has 1 unspecified atom stereocenters. The molecule has 282 valence electrons. The SMILES string of the molecule is CC/C=C(\C(=O)N[C@@H]1C(=O)N2C(C(=O)OC(c3ccccc3)c3ccccc3)=C(CSc3nnc(N)s3)C[S+]([O-])[C@H]12)c1csc(NC(=O)OC(C)(C)C)n1. The molecule has 6 rings (SSSR count). The van der Waals surface area contributed by atoms with Crippen molar-refractivity contribution in [2.24, 2.45) is 0 Å². The van der Waals surface area contributed by atoms with Gasteiger partial charge in [0.2, 0.25) is 10.5 Å². The summed E-state index contributed by atoms with van der Waals surface area (Å²) in [7, 11) is 0. The maximum atomic E-state index is 14.3. The number of nitrogens with zero attached hydrogens (tertiary/aromatic N) is 4. The van der Waals surface area contributed by atoms with Gasteiger partial charge in [-0.25, -0.2) is 14.6 Å². The van der Waals surface area contributed by atoms with E-state index in [0.29, 0.717) is 16.3 Å². The standard InChI is InChI=1S/C36H37N7O7S4/c1-5-12-23(24-18-51-33(38-24)40-34(47)50-36(2,3)4)28(44)39-25-29(45)43-26(22(19-54(48)30(25)43)17-52-35-42-41-32(37)53-35)31(46)49-27(20-13-8-6-9-14-20)21-15-10-7-11-16-21/h6-16,18,25,27,30H,5,17,19H2,1-4H3,(H2,37,41)(H,39,44)(H,38,40,47)/b23-12-/t25-,30-,54?/m1/s1. The first-order valence-electron chi connectivity index (χ1n) is 16.7. The lowest BCUT2D eigenvalue weighted by Gasteiger charge is -2.49. The number of hydrogen-bond acceptors (Lipinski definition) is 14. The Balaban J connectivity index is 1.25. The van der Waals surface area contributed by atoms with Crippen molar-refractivity contribution in [3.05, 3.63) is 100 Å². The summed E-state index contributed by atoms with van der Waals surface area (Å²) in [6.07, 6.45) is 0.599. The summed E-state index contributed by atoms with van der Waals surface area (Å²) in [6.45, 7) is 7.04. The highest BCUT2D eigenvalue weighted by Crippen LogP contribution is 2.41. The maximum Gasteiger partial charge on any atom is 0.413 e. The molecule has 4 heterocycles. The molecule has 2 aromatic carbocycles. The van der Waals surface area contributed by atoms with Gasteiger partial charge in [0.05, 0.1) is 11.3 Å². The van der Waals surface area contributed by atoms with Gasteiger partial charge in [-0.1, -0.05) is 96.8 Å². The van der Waals surface area contributed by atoms with Crippen LogP contribution in [0.5, 0.6) is 0 Å². The summed E-state index contributed by atoms with van der Waals surface area (Å²) < 4.78 is 25.9. The number of nitrogen functional groups attached to an aromatic ring is 1. The highest BCUT2D eigenvalue weighted by atomic mass is 32.2. The third-order valence-corrected chi connectivity index (χ3v) is 12.3. The number of rotatable bonds is 12. The van der Waals surface area contributed by atoms with Crippen LogP contribution in [-0.2, 0) is 35.0 Å². The summed E-state index contributed by atoms with van der Waals surface area (Å²) in [5.41, 5.74) is 7.32. The van der Waals surface area contributed by atoms with Crippen LogP contribution in [0.3, 0.4) is 0 Å². The zero-order valence-corrected chi connectivity index (χ0v) is 32.9. The number of nitrogens with two attached hydrogens (primary N) is 1. The number of allylic oxidation sites excluding steroid dienone is 1. The molecule has 0 radical (unpaired) electrons. The average molecular weight is 808 g/mol. The Morgan fingerprint density at radius 1 is 1.11 bits per heavy atom. The van der Waals surface area contributed by atoms with Crippen LogP contribution in [0, 0.1) is 0 Å². The van der Waals surface area contributed by atoms with Crippen molar-refractivity contribution >= 4 is 85.3 Å². The minimum atomic E-state index is -1.71. The van der Waals surface area contributed by atoms with Gasteiger partial charge in [0, 0.05) is 16.7 Å². The number of thiazole rings is 1. The first kappa shape index (κ1) is 39.0. The molecule has 2 aliphatic heterocycles. The number of nitrogens with one attached hydrogen (secondary N) is 2. The lowest BCUT2D eigenvalue weighted by Crippen LogP contribution is -2.75. The minimum Gasteiger partial charge on any atom is -0.614 e. The van der Waals surface area contributed by atoms with E-state index < -0.39 is 58.2 Å². The number of ether oxygens (including phenoxy) is 2. The van der Waals surface area contributed by atoms with Crippen molar-refractivity contribution in [2.75, 3.05) is 22.6 Å². The summed E-state index contributed by atoms with van der Waals surface area (Å²) in [6, 6.07) is 17.2. The van der Waals surface area contributed by atoms with Crippen molar-refractivity contribution in [3.63, 3.8) is 0 Å². The Hall–Kier alpha value is -4.75. The van der Waals surface area contributed by atoms with Crippen molar-refractivity contribution in [1.82, 2.24) is 25.4 Å². The smallest absolute Gasteiger partial charge is 0.413 e. The van der Waals surface area contributed by atoms with Crippen LogP contribution in [0.15, 0.2) is 87.7 Å². The number of fused-ring (bicyclic) bond motifs is 1. The molecule has 2 aromatic heterocycles. The van der Waals surface area contributed by atoms with Crippen molar-refractivity contribution in [2.45, 2.75) is 61.6 Å². The fourth-order valence-electron chi connectivity index (χ4n) is 5.71. The first-order chi connectivity index (χ1) is 25.8. The third kappa shape index (κ3) is 8.95. The van der Waals surface area contributed by atoms with E-state index in [2.05, 4.69) is 25.8 Å². The van der Waals surface area contributed by atoms with E-state index in [1.165, 1.54) is 28.0 Å². The van der Waals surface area contributed by atoms with Crippen molar-refractivity contribution in [1.29, 1.82) is 0 Å². The van der Waals surface area contributed by atoms with Gasteiger partial charge < -0.3 is 25.1 Å². The Labute approximate surface area is 326 Å². The number of amides is 3. The van der Waals surface area contributed by atoms with Crippen molar-refractivity contribution < 1.29 is 33.2 Å². The fraction of sp³-hybridized carbons (Fsp3) is 0.306. The molecule has 0 aliphatic carbocycles. The predicted octanol–water partition coefficient (Wildman–Crippen LogP) is 5.51. The first-order valence-corrected chi connectivity index (χ1v) is 20.8. The van der Waals surface area contributed by atoms with Crippen LogP contribution in [-0.4, -0.2) is 77.0 Å². The second kappa shape index (κ2) is 16.7. The predicted molar refractivity (Wildman–Crippen MR) is 209 cm³/mol. The molecule has 1 saturated heterocycles. The normalized spacial score (nSPS) is 18.6. The average Bonchev–Trinajstić information content (AvgIpc) is 3.78. The van der Waals surface area contributed by atoms with E-state index in [4.69, 9.17) is 15.2 Å². The van der Waals surface area contributed by atoms with Gasteiger partial charge in [0.1, 0.15) is 17.1 Å². The number of hydrogen-bond donors (Lipinski definition) is 3. The molecule has 4 N–H and O–H groups in total. The zero-order chi connectivity index (χ0) is 38.6. The van der Waals surface area contributed by atoms with E-state index in [-0.39, 0.29) is 38.7 Å². The number of carbonyl (C=O) groups is 4. The van der Waals surface area contributed by atoms with E-state index in [1.807, 2.05) is 67.6 Å². The summed E-state index contributed by atoms with van der Waals surface area (Å²) in [4.78, 5) is 59.9. The Morgan fingerprint density at radius 2 is 1.78 bits per heavy atom. The fourth-order valence-corrected chi connectivity index (χ4v) is 9.87. The monoisotopic (exact) mass is 807 g/mol. The molecule has 2 aliphatic rings. The molecule has 3 amide bonds. The molecule has 1 fully saturated rings. The number of aromatic nitrogens is 3. The summed E-state index contributed by atoms with van der Waals surface area (Å²) in [5.74, 6) is -1.92. The van der Waals surface area contributed by atoms with Crippen LogP contribution < -0.4 is 16.4 Å². The van der Waals surface area contributed by atoms with Crippen LogP contribution in [0.2, 0.25) is 0 Å². The number of anilines is 2. The van der Waals surface area contributed by atoms with Crippen LogP contribution in [0.1, 0.15) is 57.0 Å². The molecular weight excluding hydrogens is 771 g/mol. The number of esters is 1. The van der Waals surface area contributed by atoms with Crippen LogP contribution >= 0.6 is 34.4 Å². The third-order valence-electron chi connectivity index (χ3n) is 7.95. The molecule has 0 bridgehead atoms. The van der Waals surface area contributed by atoms with Gasteiger partial charge in [-0.15, -0.1) is 21.5 Å². The summed E-state index contributed by atoms with van der Waals surface area (Å²) in [5, 5.41) is 14.2. The summed E-state index contributed by atoms with van der Waals surface area (Å²) >= 11 is 1.80. The van der Waals surface area contributed by atoms with Gasteiger partial charge in [-0.2, -0.15) is 0 Å². The molecule has 0 spiro atoms. The molecule has 4 aromatic rings. The van der Waals surface area contributed by atoms with Gasteiger partial charge in [-0.3, -0.25) is 19.8 Å². The maximum absolute atomic E-state index is 14.3. The number of carbonyl (C=O) groups excluding carboxylic acids is 4. The molecule has 18 heteroatoms. The van der Waals surface area contributed by atoms with Gasteiger partial charge in [0.25, 0.3) is 11.8 Å². The number of thioether (sulfide) groups is 1. The number of β-lactam (4-membered cyclic amide) rings is 1. The highest BCUT2D eigenvalue weighted by molar-refractivity contribution is 8.01.